The van der Waals surface area contributed by atoms with Crippen molar-refractivity contribution in [3.8, 4) is 17.1 Å². The van der Waals surface area contributed by atoms with Crippen LogP contribution in [0.25, 0.3) is 11.4 Å². The van der Waals surface area contributed by atoms with E-state index in [4.69, 9.17) is 15.2 Å². The average molecular weight is 415 g/mol. The molecule has 2 aliphatic heterocycles. The van der Waals surface area contributed by atoms with Gasteiger partial charge in [-0.3, -0.25) is 9.69 Å². The Balaban J connectivity index is 1.46. The molecule has 9 nitrogen and oxygen atoms in total. The van der Waals surface area contributed by atoms with Crippen LogP contribution in [0.3, 0.4) is 0 Å². The summed E-state index contributed by atoms with van der Waals surface area (Å²) in [5, 5.41) is 3.21. The van der Waals surface area contributed by atoms with Gasteiger partial charge in [-0.2, -0.15) is 0 Å². The summed E-state index contributed by atoms with van der Waals surface area (Å²) in [7, 11) is 0. The molecule has 30 heavy (non-hydrogen) atoms. The standard InChI is InChI=1S/C20H22FN5O4/c21-8-13-10-30-20(28)26(13)16-9-25-5-6-29-15-7-12(3-4-14(15)19(25)24-16)23-17(18(22)27)11-1-2-11/h3-4,7,9,11,13,17,23H,1-2,5-6,8,10H2,(H2,22,27)/t13-,17?/m1/s1. The van der Waals surface area contributed by atoms with Gasteiger partial charge in [-0.25, -0.2) is 14.2 Å². The molecule has 0 bridgehead atoms. The van der Waals surface area contributed by atoms with Crippen molar-refractivity contribution in [3.05, 3.63) is 24.4 Å². The van der Waals surface area contributed by atoms with Crippen LogP contribution in [0.4, 0.5) is 20.7 Å². The molecule has 0 radical (unpaired) electrons. The third kappa shape index (κ3) is 3.21. The fourth-order valence-electron chi connectivity index (χ4n) is 3.96. The number of hydrogen-bond acceptors (Lipinski definition) is 6. The van der Waals surface area contributed by atoms with E-state index >= 15 is 0 Å². The van der Waals surface area contributed by atoms with Gasteiger partial charge in [-0.1, -0.05) is 0 Å². The van der Waals surface area contributed by atoms with Crippen LogP contribution in [-0.2, 0) is 16.1 Å². The van der Waals surface area contributed by atoms with Gasteiger partial charge in [0, 0.05) is 18.0 Å². The van der Waals surface area contributed by atoms with Crippen LogP contribution >= 0.6 is 0 Å². The monoisotopic (exact) mass is 415 g/mol. The number of carbonyl (C=O) groups excluding carboxylic acids is 2. The third-order valence-corrected chi connectivity index (χ3v) is 5.68. The van der Waals surface area contributed by atoms with E-state index in [0.717, 1.165) is 24.1 Å². The van der Waals surface area contributed by atoms with E-state index in [1.807, 2.05) is 22.8 Å². The maximum absolute atomic E-state index is 13.3. The van der Waals surface area contributed by atoms with Crippen LogP contribution in [0.5, 0.6) is 5.75 Å². The molecule has 3 N–H and O–H groups in total. The minimum Gasteiger partial charge on any atom is -0.491 e. The number of benzene rings is 1. The Morgan fingerprint density at radius 3 is 2.93 bits per heavy atom. The topological polar surface area (TPSA) is 112 Å². The molecule has 1 aliphatic carbocycles. The second-order valence-electron chi connectivity index (χ2n) is 7.79. The van der Waals surface area contributed by atoms with Gasteiger partial charge in [0.05, 0.1) is 12.1 Å². The van der Waals surface area contributed by atoms with E-state index in [1.165, 1.54) is 4.90 Å². The van der Waals surface area contributed by atoms with Gasteiger partial charge in [0.25, 0.3) is 0 Å². The number of anilines is 2. The molecular weight excluding hydrogens is 393 g/mol. The van der Waals surface area contributed by atoms with Gasteiger partial charge in [0.15, 0.2) is 5.82 Å². The summed E-state index contributed by atoms with van der Waals surface area (Å²) >= 11 is 0. The predicted octanol–water partition coefficient (Wildman–Crippen LogP) is 1.91. The summed E-state index contributed by atoms with van der Waals surface area (Å²) < 4.78 is 26.0. The maximum atomic E-state index is 13.3. The molecule has 2 amide bonds. The normalized spacial score (nSPS) is 21.2. The second kappa shape index (κ2) is 7.19. The fraction of sp³-hybridized carbons (Fsp3) is 0.450. The number of hydrogen-bond donors (Lipinski definition) is 2. The molecule has 1 unspecified atom stereocenters. The van der Waals surface area contributed by atoms with Crippen molar-refractivity contribution in [2.24, 2.45) is 11.7 Å². The van der Waals surface area contributed by atoms with E-state index in [0.29, 0.717) is 30.5 Å². The van der Waals surface area contributed by atoms with Crippen molar-refractivity contribution < 1.29 is 23.5 Å². The first-order valence-electron chi connectivity index (χ1n) is 9.97. The van der Waals surface area contributed by atoms with Crippen molar-refractivity contribution in [2.45, 2.75) is 31.5 Å². The number of ether oxygens (including phenoxy) is 2. The molecule has 0 spiro atoms. The molecule has 158 valence electrons. The van der Waals surface area contributed by atoms with Gasteiger partial charge in [0.2, 0.25) is 5.91 Å². The molecule has 1 aromatic heterocycles. The lowest BCUT2D eigenvalue weighted by molar-refractivity contribution is -0.119. The Kier molecular flexibility index (Phi) is 4.48. The van der Waals surface area contributed by atoms with E-state index in [1.54, 1.807) is 6.20 Å². The number of primary amides is 1. The van der Waals surface area contributed by atoms with Crippen molar-refractivity contribution in [1.29, 1.82) is 0 Å². The molecule has 3 aliphatic rings. The molecule has 1 saturated heterocycles. The number of fused-ring (bicyclic) bond motifs is 3. The third-order valence-electron chi connectivity index (χ3n) is 5.68. The lowest BCUT2D eigenvalue weighted by atomic mass is 10.1. The molecule has 2 aromatic rings. The van der Waals surface area contributed by atoms with Crippen molar-refractivity contribution in [1.82, 2.24) is 9.55 Å². The first kappa shape index (κ1) is 18.7. The average Bonchev–Trinajstić information content (AvgIpc) is 3.42. The molecule has 2 atom stereocenters. The molecule has 1 saturated carbocycles. The molecule has 3 heterocycles. The summed E-state index contributed by atoms with van der Waals surface area (Å²) in [6, 6.07) is 4.45. The number of rotatable bonds is 6. The number of alkyl halides is 1. The summed E-state index contributed by atoms with van der Waals surface area (Å²) in [4.78, 5) is 29.6. The zero-order valence-electron chi connectivity index (χ0n) is 16.2. The number of halogens is 1. The molecule has 5 rings (SSSR count). The predicted molar refractivity (Wildman–Crippen MR) is 106 cm³/mol. The van der Waals surface area contributed by atoms with Crippen LogP contribution in [0.15, 0.2) is 24.4 Å². The highest BCUT2D eigenvalue weighted by Crippen LogP contribution is 2.38. The summed E-state index contributed by atoms with van der Waals surface area (Å²) in [5.74, 6) is 1.49. The second-order valence-corrected chi connectivity index (χ2v) is 7.79. The SMILES string of the molecule is NC(=O)C(Nc1ccc2c(c1)OCCn1cc(N3C(=O)OC[C@H]3CF)nc1-2)C1CC1. The minimum absolute atomic E-state index is 0.00821. The van der Waals surface area contributed by atoms with Gasteiger partial charge in [-0.15, -0.1) is 0 Å². The molecule has 1 aromatic carbocycles. The van der Waals surface area contributed by atoms with E-state index < -0.39 is 24.9 Å². The number of imidazole rings is 1. The van der Waals surface area contributed by atoms with Gasteiger partial charge in [-0.05, 0) is 30.9 Å². The van der Waals surface area contributed by atoms with Gasteiger partial charge >= 0.3 is 6.09 Å². The maximum Gasteiger partial charge on any atom is 0.416 e. The number of nitrogens with two attached hydrogens (primary N) is 1. The van der Waals surface area contributed by atoms with Crippen LogP contribution in [0.2, 0.25) is 0 Å². The van der Waals surface area contributed by atoms with Crippen LogP contribution in [-0.4, -0.2) is 53.5 Å². The Labute approximate surface area is 171 Å². The van der Waals surface area contributed by atoms with Gasteiger partial charge < -0.3 is 25.1 Å². The quantitative estimate of drug-likeness (QED) is 0.746. The number of cyclic esters (lactones) is 1. The number of carbonyl (C=O) groups is 2. The highest BCUT2D eigenvalue weighted by molar-refractivity contribution is 5.89. The first-order valence-corrected chi connectivity index (χ1v) is 9.97. The number of nitrogens with one attached hydrogen (secondary N) is 1. The van der Waals surface area contributed by atoms with Crippen LogP contribution < -0.4 is 20.7 Å². The van der Waals surface area contributed by atoms with Crippen molar-refractivity contribution >= 4 is 23.5 Å². The van der Waals surface area contributed by atoms with Crippen molar-refractivity contribution in [2.75, 3.05) is 30.1 Å². The number of amides is 2. The Hall–Kier alpha value is -3.30. The van der Waals surface area contributed by atoms with Crippen LogP contribution in [0, 0.1) is 5.92 Å². The number of nitrogens with zero attached hydrogens (tertiary/aromatic N) is 3. The van der Waals surface area contributed by atoms with Crippen molar-refractivity contribution in [3.63, 3.8) is 0 Å². The Bertz CT molecular complexity index is 1010. The smallest absolute Gasteiger partial charge is 0.416 e. The zero-order chi connectivity index (χ0) is 20.8. The summed E-state index contributed by atoms with van der Waals surface area (Å²) in [5.41, 5.74) is 7.02. The molecule has 2 fully saturated rings. The van der Waals surface area contributed by atoms with Crippen LogP contribution in [0.1, 0.15) is 12.8 Å². The largest absolute Gasteiger partial charge is 0.491 e. The lowest BCUT2D eigenvalue weighted by Gasteiger charge is -2.17. The molecular formula is C20H22FN5O4. The zero-order valence-corrected chi connectivity index (χ0v) is 16.2. The summed E-state index contributed by atoms with van der Waals surface area (Å²) in [6.07, 6.45) is 3.09. The Morgan fingerprint density at radius 1 is 1.37 bits per heavy atom. The molecule has 10 heteroatoms. The first-order chi connectivity index (χ1) is 14.5. The highest BCUT2D eigenvalue weighted by Gasteiger charge is 2.37. The van der Waals surface area contributed by atoms with E-state index in [9.17, 15) is 14.0 Å². The number of aromatic nitrogens is 2. The highest BCUT2D eigenvalue weighted by atomic mass is 19.1. The summed E-state index contributed by atoms with van der Waals surface area (Å²) in [6.45, 7) is 0.228. The van der Waals surface area contributed by atoms with Gasteiger partial charge in [0.1, 0.15) is 43.5 Å². The van der Waals surface area contributed by atoms with E-state index in [2.05, 4.69) is 10.3 Å². The lowest BCUT2D eigenvalue weighted by Crippen LogP contribution is -2.37. The minimum atomic E-state index is -0.704. The Morgan fingerprint density at radius 2 is 2.20 bits per heavy atom. The fourth-order valence-corrected chi connectivity index (χ4v) is 3.96. The van der Waals surface area contributed by atoms with E-state index in [-0.39, 0.29) is 18.4 Å².